The number of likely N-dealkylation sites (tertiary alicyclic amines) is 1. The number of carbonyl (C=O) groups excluding carboxylic acids is 1. The van der Waals surface area contributed by atoms with E-state index in [2.05, 4.69) is 32.5 Å². The minimum Gasteiger partial charge on any atom is -0.478 e. The van der Waals surface area contributed by atoms with Crippen LogP contribution in [0.4, 0.5) is 15.8 Å². The Labute approximate surface area is 207 Å². The molecule has 4 N–H and O–H groups in total. The summed E-state index contributed by atoms with van der Waals surface area (Å²) in [6, 6.07) is 8.68. The Bertz CT molecular complexity index is 1360. The summed E-state index contributed by atoms with van der Waals surface area (Å²) in [5, 5.41) is 15.4. The molecule has 190 valence electrons. The predicted octanol–water partition coefficient (Wildman–Crippen LogP) is 3.19. The van der Waals surface area contributed by atoms with Gasteiger partial charge >= 0.3 is 5.97 Å². The number of fused-ring (bicyclic) bond motifs is 1. The number of carboxylic acids is 1. The highest BCUT2D eigenvalue weighted by molar-refractivity contribution is 6.07. The first-order valence-electron chi connectivity index (χ1n) is 11.8. The Morgan fingerprint density at radius 2 is 1.89 bits per heavy atom. The van der Waals surface area contributed by atoms with Crippen molar-refractivity contribution in [3.8, 4) is 0 Å². The van der Waals surface area contributed by atoms with Gasteiger partial charge in [0.1, 0.15) is 11.4 Å². The van der Waals surface area contributed by atoms with Crippen LogP contribution in [0.25, 0.3) is 10.9 Å². The normalized spacial score (nSPS) is 14.8. The monoisotopic (exact) mass is 495 g/mol. The van der Waals surface area contributed by atoms with Gasteiger partial charge in [-0.3, -0.25) is 14.5 Å². The van der Waals surface area contributed by atoms with E-state index in [9.17, 15) is 23.9 Å². The van der Waals surface area contributed by atoms with Gasteiger partial charge in [-0.25, -0.2) is 9.18 Å². The number of carboxylic acid groups (broad SMARTS) is 1. The summed E-state index contributed by atoms with van der Waals surface area (Å²) in [5.41, 5.74) is 1.16. The molecule has 0 radical (unpaired) electrons. The standard InChI is InChI=1S/C26H30FN5O4/c1-28-22-13-18(27)11-16-12-20(25(34)30-23(16)22)24(33)29-21-5-4-15(26(35)36)10-17(21)14-32(3)19-6-8-31(2)9-7-19/h4-5,10-13,19,28H,6-9,14H2,1-3H3,(H,29,33)(H,30,34)(H,35,36). The maximum absolute atomic E-state index is 14.0. The maximum atomic E-state index is 14.0. The van der Waals surface area contributed by atoms with Crippen LogP contribution in [-0.2, 0) is 6.54 Å². The Hall–Kier alpha value is -3.76. The fourth-order valence-electron chi connectivity index (χ4n) is 4.65. The SMILES string of the molecule is CNc1cc(F)cc2cc(C(=O)Nc3ccc(C(=O)O)cc3CN(C)C3CCN(C)CC3)c(=O)[nH]c12. The summed E-state index contributed by atoms with van der Waals surface area (Å²) in [5.74, 6) is -2.24. The van der Waals surface area contributed by atoms with Crippen molar-refractivity contribution in [3.63, 3.8) is 0 Å². The molecule has 3 aromatic rings. The van der Waals surface area contributed by atoms with Gasteiger partial charge in [0.25, 0.3) is 11.5 Å². The molecular formula is C26H30FN5O4. The van der Waals surface area contributed by atoms with Crippen LogP contribution in [0.5, 0.6) is 0 Å². The molecule has 0 unspecified atom stereocenters. The molecule has 0 bridgehead atoms. The van der Waals surface area contributed by atoms with E-state index < -0.39 is 23.3 Å². The van der Waals surface area contributed by atoms with Gasteiger partial charge in [-0.05, 0) is 82.0 Å². The van der Waals surface area contributed by atoms with Gasteiger partial charge < -0.3 is 25.6 Å². The number of pyridine rings is 1. The number of hydrogen-bond donors (Lipinski definition) is 4. The largest absolute Gasteiger partial charge is 0.478 e. The molecule has 0 spiro atoms. The number of benzene rings is 2. The van der Waals surface area contributed by atoms with Crippen LogP contribution in [0.15, 0.2) is 41.2 Å². The molecule has 9 nitrogen and oxygen atoms in total. The summed E-state index contributed by atoms with van der Waals surface area (Å²) in [4.78, 5) is 44.5. The third-order valence-electron chi connectivity index (χ3n) is 6.76. The fraction of sp³-hybridized carbons (Fsp3) is 0.346. The number of piperidine rings is 1. The van der Waals surface area contributed by atoms with Gasteiger partial charge in [0.2, 0.25) is 0 Å². The molecule has 0 aliphatic carbocycles. The number of halogens is 1. The van der Waals surface area contributed by atoms with E-state index in [4.69, 9.17) is 0 Å². The average Bonchev–Trinajstić information content (AvgIpc) is 2.84. The first-order valence-corrected chi connectivity index (χ1v) is 11.8. The fourth-order valence-corrected chi connectivity index (χ4v) is 4.65. The summed E-state index contributed by atoms with van der Waals surface area (Å²) >= 11 is 0. The molecule has 1 amide bonds. The molecule has 2 aromatic carbocycles. The van der Waals surface area contributed by atoms with Crippen molar-refractivity contribution in [1.29, 1.82) is 0 Å². The van der Waals surface area contributed by atoms with Crippen LogP contribution in [-0.4, -0.2) is 72.0 Å². The first-order chi connectivity index (χ1) is 17.2. The molecule has 36 heavy (non-hydrogen) atoms. The van der Waals surface area contributed by atoms with Crippen molar-refractivity contribution in [2.24, 2.45) is 0 Å². The van der Waals surface area contributed by atoms with E-state index in [1.165, 1.54) is 30.3 Å². The van der Waals surface area contributed by atoms with Gasteiger partial charge in [-0.1, -0.05) is 0 Å². The lowest BCUT2D eigenvalue weighted by Crippen LogP contribution is -2.41. The third kappa shape index (κ3) is 5.39. The minimum absolute atomic E-state index is 0.110. The molecule has 0 atom stereocenters. The van der Waals surface area contributed by atoms with E-state index in [0.29, 0.717) is 40.4 Å². The topological polar surface area (TPSA) is 118 Å². The van der Waals surface area contributed by atoms with Crippen molar-refractivity contribution >= 4 is 34.2 Å². The zero-order chi connectivity index (χ0) is 26.0. The highest BCUT2D eigenvalue weighted by atomic mass is 19.1. The molecular weight excluding hydrogens is 465 g/mol. The van der Waals surface area contributed by atoms with Crippen LogP contribution < -0.4 is 16.2 Å². The summed E-state index contributed by atoms with van der Waals surface area (Å²) < 4.78 is 14.0. The number of nitrogens with zero attached hydrogens (tertiary/aromatic N) is 2. The van der Waals surface area contributed by atoms with E-state index >= 15 is 0 Å². The Kier molecular flexibility index (Phi) is 7.37. The number of aromatic carboxylic acids is 1. The maximum Gasteiger partial charge on any atom is 0.335 e. The first kappa shape index (κ1) is 25.3. The van der Waals surface area contributed by atoms with Gasteiger partial charge in [0.15, 0.2) is 0 Å². The molecule has 1 aliphatic rings. The molecule has 1 saturated heterocycles. The van der Waals surface area contributed by atoms with Gasteiger partial charge in [0.05, 0.1) is 16.8 Å². The zero-order valence-electron chi connectivity index (χ0n) is 20.5. The predicted molar refractivity (Wildman–Crippen MR) is 137 cm³/mol. The van der Waals surface area contributed by atoms with Crippen LogP contribution in [0, 0.1) is 5.82 Å². The van der Waals surface area contributed by atoms with Crippen LogP contribution >= 0.6 is 0 Å². The van der Waals surface area contributed by atoms with Gasteiger partial charge in [-0.15, -0.1) is 0 Å². The Morgan fingerprint density at radius 3 is 2.56 bits per heavy atom. The number of aromatic amines is 1. The third-order valence-corrected chi connectivity index (χ3v) is 6.76. The molecule has 1 aliphatic heterocycles. The Morgan fingerprint density at radius 1 is 1.17 bits per heavy atom. The number of H-pyrrole nitrogens is 1. The number of hydrogen-bond acceptors (Lipinski definition) is 6. The van der Waals surface area contributed by atoms with Crippen molar-refractivity contribution in [2.45, 2.75) is 25.4 Å². The highest BCUT2D eigenvalue weighted by Crippen LogP contribution is 2.25. The lowest BCUT2D eigenvalue weighted by atomic mass is 10.0. The van der Waals surface area contributed by atoms with E-state index in [1.807, 2.05) is 7.05 Å². The van der Waals surface area contributed by atoms with Crippen molar-refractivity contribution < 1.29 is 19.1 Å². The smallest absolute Gasteiger partial charge is 0.335 e. The second-order valence-electron chi connectivity index (χ2n) is 9.26. The quantitative estimate of drug-likeness (QED) is 0.398. The molecule has 2 heterocycles. The lowest BCUT2D eigenvalue weighted by Gasteiger charge is -2.35. The Balaban J connectivity index is 1.64. The summed E-state index contributed by atoms with van der Waals surface area (Å²) in [6.07, 6.45) is 1.98. The molecule has 0 saturated carbocycles. The van der Waals surface area contributed by atoms with E-state index in [-0.39, 0.29) is 11.1 Å². The van der Waals surface area contributed by atoms with Crippen LogP contribution in [0.3, 0.4) is 0 Å². The number of anilines is 2. The number of nitrogens with one attached hydrogen (secondary N) is 3. The summed E-state index contributed by atoms with van der Waals surface area (Å²) in [6.45, 7) is 2.39. The van der Waals surface area contributed by atoms with Crippen molar-refractivity contribution in [3.05, 3.63) is 69.3 Å². The minimum atomic E-state index is -1.07. The number of amides is 1. The van der Waals surface area contributed by atoms with Crippen LogP contribution in [0.2, 0.25) is 0 Å². The van der Waals surface area contributed by atoms with E-state index in [0.717, 1.165) is 25.9 Å². The molecule has 1 fully saturated rings. The molecule has 10 heteroatoms. The molecule has 4 rings (SSSR count). The van der Waals surface area contributed by atoms with Crippen molar-refractivity contribution in [2.75, 3.05) is 44.9 Å². The lowest BCUT2D eigenvalue weighted by molar-refractivity contribution is 0.0696. The number of aromatic nitrogens is 1. The summed E-state index contributed by atoms with van der Waals surface area (Å²) in [7, 11) is 5.68. The van der Waals surface area contributed by atoms with Gasteiger partial charge in [-0.2, -0.15) is 0 Å². The number of carbonyl (C=O) groups is 2. The highest BCUT2D eigenvalue weighted by Gasteiger charge is 2.23. The van der Waals surface area contributed by atoms with E-state index in [1.54, 1.807) is 13.1 Å². The average molecular weight is 496 g/mol. The zero-order valence-corrected chi connectivity index (χ0v) is 20.5. The second kappa shape index (κ2) is 10.5. The van der Waals surface area contributed by atoms with Gasteiger partial charge in [0, 0.05) is 30.7 Å². The van der Waals surface area contributed by atoms with Crippen LogP contribution in [0.1, 0.15) is 39.1 Å². The molecule has 1 aromatic heterocycles. The van der Waals surface area contributed by atoms with Crippen molar-refractivity contribution in [1.82, 2.24) is 14.8 Å². The second-order valence-corrected chi connectivity index (χ2v) is 9.26. The number of rotatable bonds is 7.